The van der Waals surface area contributed by atoms with Crippen molar-refractivity contribution in [1.29, 1.82) is 0 Å². The second-order valence-electron chi connectivity index (χ2n) is 3.76. The van der Waals surface area contributed by atoms with Crippen molar-refractivity contribution in [2.45, 2.75) is 13.3 Å². The number of aryl methyl sites for hydroxylation is 1. The van der Waals surface area contributed by atoms with E-state index in [-0.39, 0.29) is 11.5 Å². The van der Waals surface area contributed by atoms with Crippen LogP contribution in [-0.2, 0) is 6.42 Å². The van der Waals surface area contributed by atoms with Crippen LogP contribution in [0.2, 0.25) is 0 Å². The van der Waals surface area contributed by atoms with Gasteiger partial charge in [0.05, 0.1) is 26.7 Å². The summed E-state index contributed by atoms with van der Waals surface area (Å²) in [6, 6.07) is 1.83. The molecule has 0 fully saturated rings. The van der Waals surface area contributed by atoms with Crippen molar-refractivity contribution in [2.75, 3.05) is 21.3 Å². The van der Waals surface area contributed by atoms with Crippen molar-refractivity contribution in [2.24, 2.45) is 0 Å². The number of hydrogen-bond acceptors (Lipinski definition) is 5. The van der Waals surface area contributed by atoms with E-state index >= 15 is 0 Å². The summed E-state index contributed by atoms with van der Waals surface area (Å²) in [5, 5.41) is 10.8. The number of methoxy groups -OCH3 is 3. The molecule has 0 aliphatic rings. The fraction of sp³-hybridized carbons (Fsp3) is 0.385. The number of phenols is 1. The van der Waals surface area contributed by atoms with Crippen LogP contribution in [0.15, 0.2) is 10.5 Å². The summed E-state index contributed by atoms with van der Waals surface area (Å²) >= 11 is 0. The Kier molecular flexibility index (Phi) is 3.23. The SMILES string of the molecule is CCc1cc2c(OC)c(O)c(OC)c(OC)c2o1. The Balaban J connectivity index is 2.88. The monoisotopic (exact) mass is 252 g/mol. The largest absolute Gasteiger partial charge is 0.502 e. The Morgan fingerprint density at radius 2 is 1.67 bits per heavy atom. The van der Waals surface area contributed by atoms with E-state index in [9.17, 15) is 5.11 Å². The third-order valence-electron chi connectivity index (χ3n) is 2.83. The molecule has 5 heteroatoms. The first-order chi connectivity index (χ1) is 8.67. The van der Waals surface area contributed by atoms with E-state index in [0.29, 0.717) is 22.5 Å². The standard InChI is InChI=1S/C13H16O5/c1-5-7-6-8-10(15-2)9(14)12(16-3)13(17-4)11(8)18-7/h6,14H,5H2,1-4H3. The van der Waals surface area contributed by atoms with Crippen LogP contribution >= 0.6 is 0 Å². The summed E-state index contributed by atoms with van der Waals surface area (Å²) in [4.78, 5) is 0. The molecule has 98 valence electrons. The van der Waals surface area contributed by atoms with Crippen molar-refractivity contribution >= 4 is 11.0 Å². The zero-order chi connectivity index (χ0) is 13.3. The van der Waals surface area contributed by atoms with Gasteiger partial charge in [-0.15, -0.1) is 0 Å². The second-order valence-corrected chi connectivity index (χ2v) is 3.76. The highest BCUT2D eigenvalue weighted by atomic mass is 16.5. The Labute approximate surface area is 105 Å². The average molecular weight is 252 g/mol. The summed E-state index contributed by atoms with van der Waals surface area (Å²) in [6.07, 6.45) is 0.740. The van der Waals surface area contributed by atoms with E-state index in [2.05, 4.69) is 0 Å². The first kappa shape index (κ1) is 12.4. The van der Waals surface area contributed by atoms with Crippen LogP contribution in [0, 0.1) is 0 Å². The maximum Gasteiger partial charge on any atom is 0.211 e. The van der Waals surface area contributed by atoms with Gasteiger partial charge < -0.3 is 23.7 Å². The Hall–Kier alpha value is -2.04. The van der Waals surface area contributed by atoms with E-state index < -0.39 is 0 Å². The van der Waals surface area contributed by atoms with Crippen LogP contribution in [0.25, 0.3) is 11.0 Å². The minimum Gasteiger partial charge on any atom is -0.502 e. The molecule has 2 rings (SSSR count). The third-order valence-corrected chi connectivity index (χ3v) is 2.83. The molecule has 0 radical (unpaired) electrons. The van der Waals surface area contributed by atoms with E-state index in [1.165, 1.54) is 21.3 Å². The van der Waals surface area contributed by atoms with Gasteiger partial charge in [0.2, 0.25) is 17.2 Å². The zero-order valence-corrected chi connectivity index (χ0v) is 10.9. The van der Waals surface area contributed by atoms with Crippen LogP contribution in [0.3, 0.4) is 0 Å². The van der Waals surface area contributed by atoms with Gasteiger partial charge in [-0.3, -0.25) is 0 Å². The number of phenolic OH excluding ortho intramolecular Hbond substituents is 1. The number of ether oxygens (including phenoxy) is 3. The van der Waals surface area contributed by atoms with Crippen molar-refractivity contribution < 1.29 is 23.7 Å². The molecule has 0 spiro atoms. The maximum absolute atomic E-state index is 10.1. The highest BCUT2D eigenvalue weighted by Crippen LogP contribution is 2.51. The molecular weight excluding hydrogens is 236 g/mol. The number of benzene rings is 1. The van der Waals surface area contributed by atoms with Crippen LogP contribution in [-0.4, -0.2) is 26.4 Å². The number of hydrogen-bond donors (Lipinski definition) is 1. The third kappa shape index (κ3) is 1.63. The molecule has 1 N–H and O–H groups in total. The van der Waals surface area contributed by atoms with Crippen molar-refractivity contribution in [3.8, 4) is 23.0 Å². The lowest BCUT2D eigenvalue weighted by Crippen LogP contribution is -1.94. The van der Waals surface area contributed by atoms with Crippen LogP contribution < -0.4 is 14.2 Å². The average Bonchev–Trinajstić information content (AvgIpc) is 2.80. The van der Waals surface area contributed by atoms with Gasteiger partial charge in [0.1, 0.15) is 5.76 Å². The van der Waals surface area contributed by atoms with Gasteiger partial charge in [0.15, 0.2) is 11.3 Å². The molecule has 1 heterocycles. The molecule has 0 aliphatic carbocycles. The first-order valence-electron chi connectivity index (χ1n) is 5.61. The molecule has 0 amide bonds. The van der Waals surface area contributed by atoms with Gasteiger partial charge in [0, 0.05) is 6.42 Å². The van der Waals surface area contributed by atoms with Crippen LogP contribution in [0.5, 0.6) is 23.0 Å². The van der Waals surface area contributed by atoms with Gasteiger partial charge in [-0.2, -0.15) is 0 Å². The maximum atomic E-state index is 10.1. The summed E-state index contributed by atoms with van der Waals surface area (Å²) in [7, 11) is 4.43. The predicted octanol–water partition coefficient (Wildman–Crippen LogP) is 2.73. The van der Waals surface area contributed by atoms with Crippen LogP contribution in [0.1, 0.15) is 12.7 Å². The van der Waals surface area contributed by atoms with Gasteiger partial charge >= 0.3 is 0 Å². The molecule has 0 unspecified atom stereocenters. The van der Waals surface area contributed by atoms with Gasteiger partial charge in [-0.25, -0.2) is 0 Å². The molecule has 5 nitrogen and oxygen atoms in total. The highest BCUT2D eigenvalue weighted by Gasteiger charge is 2.24. The Bertz CT molecular complexity index is 571. The molecular formula is C13H16O5. The van der Waals surface area contributed by atoms with Gasteiger partial charge in [-0.1, -0.05) is 6.92 Å². The molecule has 0 aliphatic heterocycles. The van der Waals surface area contributed by atoms with E-state index in [1.807, 2.05) is 13.0 Å². The zero-order valence-electron chi connectivity index (χ0n) is 10.9. The Morgan fingerprint density at radius 3 is 2.17 bits per heavy atom. The fourth-order valence-corrected chi connectivity index (χ4v) is 1.98. The lowest BCUT2D eigenvalue weighted by Gasteiger charge is -2.13. The minimum absolute atomic E-state index is 0.0900. The molecule has 1 aromatic carbocycles. The quantitative estimate of drug-likeness (QED) is 0.906. The van der Waals surface area contributed by atoms with E-state index in [1.54, 1.807) is 0 Å². The Morgan fingerprint density at radius 1 is 1.06 bits per heavy atom. The van der Waals surface area contributed by atoms with Crippen molar-refractivity contribution in [1.82, 2.24) is 0 Å². The fourth-order valence-electron chi connectivity index (χ4n) is 1.98. The van der Waals surface area contributed by atoms with Crippen molar-refractivity contribution in [3.05, 3.63) is 11.8 Å². The van der Waals surface area contributed by atoms with Gasteiger partial charge in [-0.05, 0) is 6.07 Å². The number of rotatable bonds is 4. The first-order valence-corrected chi connectivity index (χ1v) is 5.61. The molecule has 18 heavy (non-hydrogen) atoms. The van der Waals surface area contributed by atoms with E-state index in [0.717, 1.165) is 12.2 Å². The summed E-state index contributed by atoms with van der Waals surface area (Å²) in [6.45, 7) is 1.98. The molecule has 0 atom stereocenters. The smallest absolute Gasteiger partial charge is 0.211 e. The molecule has 0 saturated heterocycles. The lowest BCUT2D eigenvalue weighted by atomic mass is 10.2. The van der Waals surface area contributed by atoms with Gasteiger partial charge in [0.25, 0.3) is 0 Å². The highest BCUT2D eigenvalue weighted by molar-refractivity contribution is 5.95. The molecule has 2 aromatic rings. The summed E-state index contributed by atoms with van der Waals surface area (Å²) in [5.74, 6) is 1.59. The normalized spacial score (nSPS) is 10.7. The number of aromatic hydroxyl groups is 1. The molecule has 0 bridgehead atoms. The molecule has 0 saturated carbocycles. The summed E-state index contributed by atoms with van der Waals surface area (Å²) < 4.78 is 21.3. The summed E-state index contributed by atoms with van der Waals surface area (Å²) in [5.41, 5.74) is 0.515. The number of furan rings is 1. The second kappa shape index (κ2) is 4.68. The minimum atomic E-state index is -0.0900. The molecule has 1 aromatic heterocycles. The topological polar surface area (TPSA) is 61.1 Å². The van der Waals surface area contributed by atoms with Crippen molar-refractivity contribution in [3.63, 3.8) is 0 Å². The predicted molar refractivity (Wildman–Crippen MR) is 66.9 cm³/mol. The lowest BCUT2D eigenvalue weighted by molar-refractivity contribution is 0.317. The number of fused-ring (bicyclic) bond motifs is 1. The van der Waals surface area contributed by atoms with Crippen LogP contribution in [0.4, 0.5) is 0 Å². The van der Waals surface area contributed by atoms with E-state index in [4.69, 9.17) is 18.6 Å².